The number of carbonyl (C=O) groups excluding carboxylic acids is 1. The molecule has 0 aliphatic carbocycles. The molecule has 0 aliphatic heterocycles. The molecule has 1 amide bonds. The number of rotatable bonds is 7. The van der Waals surface area contributed by atoms with E-state index in [4.69, 9.17) is 4.74 Å². The summed E-state index contributed by atoms with van der Waals surface area (Å²) < 4.78 is 5.14. The maximum Gasteiger partial charge on any atom is 0.224 e. The van der Waals surface area contributed by atoms with Gasteiger partial charge in [0.1, 0.15) is 5.75 Å². The lowest BCUT2D eigenvalue weighted by atomic mass is 10.1. The number of benzene rings is 2. The first-order chi connectivity index (χ1) is 11.1. The Kier molecular flexibility index (Phi) is 6.53. The van der Waals surface area contributed by atoms with Crippen LogP contribution in [0.1, 0.15) is 24.0 Å². The first kappa shape index (κ1) is 17.4. The summed E-state index contributed by atoms with van der Waals surface area (Å²) in [6.45, 7) is 4.04. The molecule has 0 aliphatic rings. The first-order valence-electron chi connectivity index (χ1n) is 7.72. The molecule has 122 valence electrons. The molecule has 0 atom stereocenters. The topological polar surface area (TPSA) is 38.3 Å². The minimum Gasteiger partial charge on any atom is -0.497 e. The number of methoxy groups -OCH3 is 1. The van der Waals surface area contributed by atoms with Crippen molar-refractivity contribution in [2.45, 2.75) is 31.6 Å². The molecule has 0 saturated carbocycles. The van der Waals surface area contributed by atoms with Gasteiger partial charge in [-0.2, -0.15) is 0 Å². The fraction of sp³-hybridized carbons (Fsp3) is 0.316. The van der Waals surface area contributed by atoms with Gasteiger partial charge in [-0.05, 0) is 67.5 Å². The van der Waals surface area contributed by atoms with Crippen LogP contribution in [-0.4, -0.2) is 18.8 Å². The average Bonchev–Trinajstić information content (AvgIpc) is 2.55. The molecule has 0 fully saturated rings. The smallest absolute Gasteiger partial charge is 0.224 e. The Bertz CT molecular complexity index is 653. The van der Waals surface area contributed by atoms with Crippen LogP contribution in [0.5, 0.6) is 5.75 Å². The second-order valence-corrected chi connectivity index (χ2v) is 6.66. The van der Waals surface area contributed by atoms with Crippen LogP contribution in [0.3, 0.4) is 0 Å². The van der Waals surface area contributed by atoms with Crippen molar-refractivity contribution in [1.82, 2.24) is 0 Å². The second kappa shape index (κ2) is 8.63. The lowest BCUT2D eigenvalue weighted by molar-refractivity contribution is -0.116. The van der Waals surface area contributed by atoms with Gasteiger partial charge in [0.05, 0.1) is 7.11 Å². The van der Waals surface area contributed by atoms with E-state index in [1.165, 1.54) is 4.90 Å². The number of anilines is 1. The largest absolute Gasteiger partial charge is 0.497 e. The molecule has 0 bridgehead atoms. The van der Waals surface area contributed by atoms with Crippen LogP contribution in [0.4, 0.5) is 5.69 Å². The average molecular weight is 329 g/mol. The number of aryl methyl sites for hydroxylation is 2. The third-order valence-corrected chi connectivity index (χ3v) is 4.64. The normalized spacial score (nSPS) is 10.4. The Labute approximate surface area is 142 Å². The van der Waals surface area contributed by atoms with Crippen LogP contribution in [-0.2, 0) is 4.79 Å². The van der Waals surface area contributed by atoms with Crippen LogP contribution in [0.2, 0.25) is 0 Å². The zero-order valence-electron chi connectivity index (χ0n) is 13.9. The molecule has 2 aromatic rings. The van der Waals surface area contributed by atoms with E-state index in [-0.39, 0.29) is 5.91 Å². The zero-order valence-corrected chi connectivity index (χ0v) is 14.7. The van der Waals surface area contributed by atoms with Gasteiger partial charge in [-0.3, -0.25) is 4.79 Å². The molecule has 0 heterocycles. The highest BCUT2D eigenvalue weighted by Crippen LogP contribution is 2.22. The number of hydrogen-bond donors (Lipinski definition) is 1. The minimum atomic E-state index is 0.0778. The van der Waals surface area contributed by atoms with E-state index in [0.29, 0.717) is 6.42 Å². The highest BCUT2D eigenvalue weighted by Gasteiger charge is 2.05. The third kappa shape index (κ3) is 5.64. The van der Waals surface area contributed by atoms with Crippen molar-refractivity contribution < 1.29 is 9.53 Å². The van der Waals surface area contributed by atoms with Crippen molar-refractivity contribution >= 4 is 23.4 Å². The first-order valence-corrected chi connectivity index (χ1v) is 8.71. The number of carbonyl (C=O) groups is 1. The van der Waals surface area contributed by atoms with Crippen molar-refractivity contribution in [2.24, 2.45) is 0 Å². The number of thioether (sulfide) groups is 1. The summed E-state index contributed by atoms with van der Waals surface area (Å²) in [5, 5.41) is 3.00. The molecular formula is C19H23NO2S. The molecule has 23 heavy (non-hydrogen) atoms. The van der Waals surface area contributed by atoms with E-state index in [1.807, 2.05) is 50.2 Å². The number of amides is 1. The van der Waals surface area contributed by atoms with E-state index in [2.05, 4.69) is 11.4 Å². The maximum atomic E-state index is 12.0. The Morgan fingerprint density at radius 3 is 2.57 bits per heavy atom. The molecule has 0 aromatic heterocycles. The zero-order chi connectivity index (χ0) is 16.7. The number of nitrogens with one attached hydrogen (secondary N) is 1. The summed E-state index contributed by atoms with van der Waals surface area (Å²) in [6.07, 6.45) is 1.39. The van der Waals surface area contributed by atoms with Gasteiger partial charge >= 0.3 is 0 Å². The van der Waals surface area contributed by atoms with Crippen molar-refractivity contribution in [3.63, 3.8) is 0 Å². The highest BCUT2D eigenvalue weighted by molar-refractivity contribution is 7.99. The van der Waals surface area contributed by atoms with Crippen molar-refractivity contribution in [1.29, 1.82) is 0 Å². The lowest BCUT2D eigenvalue weighted by Crippen LogP contribution is -2.12. The van der Waals surface area contributed by atoms with Crippen molar-refractivity contribution in [3.8, 4) is 5.75 Å². The number of ether oxygens (including phenoxy) is 1. The van der Waals surface area contributed by atoms with Gasteiger partial charge < -0.3 is 10.1 Å². The fourth-order valence-corrected chi connectivity index (χ4v) is 3.03. The fourth-order valence-electron chi connectivity index (χ4n) is 2.18. The van der Waals surface area contributed by atoms with Crippen LogP contribution in [0.25, 0.3) is 0 Å². The Hall–Kier alpha value is -1.94. The summed E-state index contributed by atoms with van der Waals surface area (Å²) in [4.78, 5) is 13.2. The molecule has 0 saturated heterocycles. The quantitative estimate of drug-likeness (QED) is 0.584. The second-order valence-electron chi connectivity index (χ2n) is 5.49. The Morgan fingerprint density at radius 1 is 1.13 bits per heavy atom. The molecule has 0 radical (unpaired) electrons. The van der Waals surface area contributed by atoms with Crippen LogP contribution < -0.4 is 10.1 Å². The summed E-state index contributed by atoms with van der Waals surface area (Å²) in [6, 6.07) is 14.1. The highest BCUT2D eigenvalue weighted by atomic mass is 32.2. The SMILES string of the molecule is COc1ccc(SCCCC(=O)Nc2cc(C)ccc2C)cc1. The van der Waals surface area contributed by atoms with Gasteiger partial charge in [-0.1, -0.05) is 12.1 Å². The molecule has 2 aromatic carbocycles. The van der Waals surface area contributed by atoms with Crippen LogP contribution >= 0.6 is 11.8 Å². The number of hydrogen-bond acceptors (Lipinski definition) is 3. The van der Waals surface area contributed by atoms with Gasteiger partial charge in [-0.25, -0.2) is 0 Å². The summed E-state index contributed by atoms with van der Waals surface area (Å²) in [7, 11) is 1.66. The molecule has 0 spiro atoms. The molecule has 0 unspecified atom stereocenters. The van der Waals surface area contributed by atoms with Crippen molar-refractivity contribution in [2.75, 3.05) is 18.2 Å². The molecule has 1 N–H and O–H groups in total. The van der Waals surface area contributed by atoms with Gasteiger partial charge in [0.2, 0.25) is 5.91 Å². The molecule has 4 heteroatoms. The summed E-state index contributed by atoms with van der Waals surface area (Å²) >= 11 is 1.76. The lowest BCUT2D eigenvalue weighted by Gasteiger charge is -2.09. The van der Waals surface area contributed by atoms with Gasteiger partial charge in [0, 0.05) is 17.0 Å². The van der Waals surface area contributed by atoms with Gasteiger partial charge in [0.25, 0.3) is 0 Å². The third-order valence-electron chi connectivity index (χ3n) is 3.54. The van der Waals surface area contributed by atoms with E-state index in [9.17, 15) is 4.79 Å². The molecular weight excluding hydrogens is 306 g/mol. The minimum absolute atomic E-state index is 0.0778. The molecule has 3 nitrogen and oxygen atoms in total. The summed E-state index contributed by atoms with van der Waals surface area (Å²) in [5.74, 6) is 1.86. The van der Waals surface area contributed by atoms with E-state index >= 15 is 0 Å². The van der Waals surface area contributed by atoms with Crippen LogP contribution in [0, 0.1) is 13.8 Å². The van der Waals surface area contributed by atoms with Gasteiger partial charge in [0.15, 0.2) is 0 Å². The predicted molar refractivity (Wildman–Crippen MR) is 97.5 cm³/mol. The standard InChI is InChI=1S/C19H23NO2S/c1-14-6-7-15(2)18(13-14)20-19(21)5-4-12-23-17-10-8-16(22-3)9-11-17/h6-11,13H,4-5,12H2,1-3H3,(H,20,21). The van der Waals surface area contributed by atoms with Gasteiger partial charge in [-0.15, -0.1) is 11.8 Å². The van der Waals surface area contributed by atoms with Crippen LogP contribution in [0.15, 0.2) is 47.4 Å². The monoisotopic (exact) mass is 329 g/mol. The maximum absolute atomic E-state index is 12.0. The van der Waals surface area contributed by atoms with E-state index < -0.39 is 0 Å². The van der Waals surface area contributed by atoms with Crippen molar-refractivity contribution in [3.05, 3.63) is 53.6 Å². The molecule has 2 rings (SSSR count). The van der Waals surface area contributed by atoms with E-state index in [0.717, 1.165) is 34.7 Å². The Morgan fingerprint density at radius 2 is 1.87 bits per heavy atom. The predicted octanol–water partition coefficient (Wildman–Crippen LogP) is 4.82. The van der Waals surface area contributed by atoms with E-state index in [1.54, 1.807) is 18.9 Å². The Balaban J connectivity index is 1.73. The summed E-state index contributed by atoms with van der Waals surface area (Å²) in [5.41, 5.74) is 3.16.